The molecule has 468 valence electrons. The zero-order valence-corrected chi connectivity index (χ0v) is 60.2. The molecule has 13 aromatic carbocycles. The molecule has 0 aliphatic heterocycles. The maximum absolute atomic E-state index is 2.62. The Kier molecular flexibility index (Phi) is 14.3. The standard InChI is InChI=1S/C92H100/c1-85(2,3)63-31-33-69-53(41-63)27-35-79(91(19,20)21)83(69)61-39-60-40-62(84-70-34-32-64(86(4,5)6)42-54(70)28-36-80(84)92(22,23)24)48-78-76-46-58(74-52-68(90(16,17)18)44-56-26-30-66(50-72(56)74)88(10,11)12)38-59-37-57(45-75(81(59)76)77(47-61)82(60)78)73-51-67(89(13,14)15)43-55-25-29-65(49-71(55)73)87(7,8)9/h25-52H,1-24H3. The number of fused-ring (bicyclic) bond motifs is 6. The minimum atomic E-state index is -0.148. The molecule has 0 aliphatic rings. The average Bonchev–Trinajstić information content (AvgIpc) is 0.701. The van der Waals surface area contributed by atoms with E-state index >= 15 is 0 Å². The molecule has 0 heterocycles. The van der Waals surface area contributed by atoms with Crippen LogP contribution in [0, 0.1) is 0 Å². The van der Waals surface area contributed by atoms with Crippen molar-refractivity contribution in [1.82, 2.24) is 0 Å². The van der Waals surface area contributed by atoms with Gasteiger partial charge in [-0.1, -0.05) is 275 Å². The van der Waals surface area contributed by atoms with Crippen LogP contribution in [0.2, 0.25) is 0 Å². The molecule has 13 rings (SSSR count). The molecule has 0 aromatic heterocycles. The molecule has 0 amide bonds. The summed E-state index contributed by atoms with van der Waals surface area (Å²) < 4.78 is 0. The molecule has 0 nitrogen and oxygen atoms in total. The third-order valence-corrected chi connectivity index (χ3v) is 20.6. The Morgan fingerprint density at radius 3 is 0.750 bits per heavy atom. The second kappa shape index (κ2) is 20.9. The Morgan fingerprint density at radius 2 is 0.435 bits per heavy atom. The quantitative estimate of drug-likeness (QED) is 0.122. The van der Waals surface area contributed by atoms with Crippen LogP contribution in [-0.4, -0.2) is 0 Å². The van der Waals surface area contributed by atoms with E-state index in [0.29, 0.717) is 0 Å². The molecule has 0 aliphatic carbocycles. The lowest BCUT2D eigenvalue weighted by Gasteiger charge is -2.28. The van der Waals surface area contributed by atoms with Crippen molar-refractivity contribution in [3.8, 4) is 44.5 Å². The van der Waals surface area contributed by atoms with E-state index in [-0.39, 0.29) is 43.3 Å². The number of rotatable bonds is 4. The summed E-state index contributed by atoms with van der Waals surface area (Å²) in [6, 6.07) is 69.5. The fourth-order valence-corrected chi connectivity index (χ4v) is 14.9. The van der Waals surface area contributed by atoms with Crippen LogP contribution in [0.5, 0.6) is 0 Å². The molecule has 0 fully saturated rings. The van der Waals surface area contributed by atoms with E-state index in [0.717, 1.165) is 0 Å². The normalized spacial score (nSPS) is 13.7. The highest BCUT2D eigenvalue weighted by Gasteiger charge is 2.30. The predicted octanol–water partition coefficient (Wildman–Crippen LogP) is 27.4. The van der Waals surface area contributed by atoms with Crippen molar-refractivity contribution in [1.29, 1.82) is 0 Å². The van der Waals surface area contributed by atoms with Gasteiger partial charge in [-0.3, -0.25) is 0 Å². The van der Waals surface area contributed by atoms with Crippen molar-refractivity contribution < 1.29 is 0 Å². The molecule has 92 heavy (non-hydrogen) atoms. The van der Waals surface area contributed by atoms with Crippen LogP contribution in [0.25, 0.3) is 131 Å². The maximum Gasteiger partial charge on any atom is -0.00255 e. The van der Waals surface area contributed by atoms with Gasteiger partial charge in [0.05, 0.1) is 0 Å². The van der Waals surface area contributed by atoms with Crippen molar-refractivity contribution in [3.63, 3.8) is 0 Å². The third kappa shape index (κ3) is 11.0. The van der Waals surface area contributed by atoms with Crippen molar-refractivity contribution in [3.05, 3.63) is 214 Å². The Bertz CT molecular complexity index is 4860. The highest BCUT2D eigenvalue weighted by molar-refractivity contribution is 6.35. The fourth-order valence-electron chi connectivity index (χ4n) is 14.9. The summed E-state index contributed by atoms with van der Waals surface area (Å²) in [4.78, 5) is 0. The topological polar surface area (TPSA) is 0 Å². The minimum Gasteiger partial charge on any atom is -0.0579 e. The number of hydrogen-bond acceptors (Lipinski definition) is 0. The first-order valence-corrected chi connectivity index (χ1v) is 34.2. The molecule has 0 bridgehead atoms. The Morgan fingerprint density at radius 1 is 0.174 bits per heavy atom. The Labute approximate surface area is 551 Å². The van der Waals surface area contributed by atoms with Gasteiger partial charge < -0.3 is 0 Å². The first-order valence-electron chi connectivity index (χ1n) is 34.2. The lowest BCUT2D eigenvalue weighted by molar-refractivity contribution is 0.589. The molecule has 0 spiro atoms. The average molecular weight is 1210 g/mol. The van der Waals surface area contributed by atoms with Gasteiger partial charge in [-0.25, -0.2) is 0 Å². The summed E-state index contributed by atoms with van der Waals surface area (Å²) in [5.41, 5.74) is 20.5. The maximum atomic E-state index is 2.62. The van der Waals surface area contributed by atoms with Crippen LogP contribution in [0.3, 0.4) is 0 Å². The van der Waals surface area contributed by atoms with Gasteiger partial charge in [0.15, 0.2) is 0 Å². The zero-order valence-electron chi connectivity index (χ0n) is 60.2. The van der Waals surface area contributed by atoms with Gasteiger partial charge in [-0.05, 0) is 279 Å². The van der Waals surface area contributed by atoms with E-state index in [1.807, 2.05) is 0 Å². The van der Waals surface area contributed by atoms with Crippen LogP contribution < -0.4 is 0 Å². The zero-order chi connectivity index (χ0) is 66.3. The van der Waals surface area contributed by atoms with Crippen molar-refractivity contribution >= 4 is 86.2 Å². The molecule has 0 N–H and O–H groups in total. The van der Waals surface area contributed by atoms with E-state index in [1.165, 1.54) is 175 Å². The molecule has 0 unspecified atom stereocenters. The third-order valence-electron chi connectivity index (χ3n) is 20.6. The second-order valence-corrected chi connectivity index (χ2v) is 36.1. The minimum absolute atomic E-state index is 0.00629. The molecule has 0 atom stereocenters. The summed E-state index contributed by atoms with van der Waals surface area (Å²) in [7, 11) is 0. The van der Waals surface area contributed by atoms with Crippen molar-refractivity contribution in [2.75, 3.05) is 0 Å². The second-order valence-electron chi connectivity index (χ2n) is 36.1. The van der Waals surface area contributed by atoms with Gasteiger partial charge in [0.1, 0.15) is 0 Å². The number of benzene rings is 13. The van der Waals surface area contributed by atoms with Crippen LogP contribution in [0.15, 0.2) is 170 Å². The lowest BCUT2D eigenvalue weighted by Crippen LogP contribution is -2.14. The highest BCUT2D eigenvalue weighted by Crippen LogP contribution is 2.52. The summed E-state index contributed by atoms with van der Waals surface area (Å²) >= 11 is 0. The van der Waals surface area contributed by atoms with Gasteiger partial charge in [0.2, 0.25) is 0 Å². The van der Waals surface area contributed by atoms with Gasteiger partial charge in [0, 0.05) is 0 Å². The molecular formula is C92H100. The molecule has 0 heteroatoms. The fraction of sp³-hybridized carbons (Fsp3) is 0.348. The van der Waals surface area contributed by atoms with Crippen LogP contribution in [0.1, 0.15) is 211 Å². The first-order chi connectivity index (χ1) is 42.6. The Balaban J connectivity index is 1.28. The lowest BCUT2D eigenvalue weighted by atomic mass is 9.76. The molecule has 0 saturated heterocycles. The van der Waals surface area contributed by atoms with Gasteiger partial charge in [-0.2, -0.15) is 0 Å². The van der Waals surface area contributed by atoms with Crippen molar-refractivity contribution in [2.24, 2.45) is 0 Å². The van der Waals surface area contributed by atoms with Gasteiger partial charge >= 0.3 is 0 Å². The smallest absolute Gasteiger partial charge is 0.00255 e. The van der Waals surface area contributed by atoms with Crippen LogP contribution in [-0.2, 0) is 43.3 Å². The van der Waals surface area contributed by atoms with Crippen LogP contribution in [0.4, 0.5) is 0 Å². The summed E-state index contributed by atoms with van der Waals surface area (Å²) in [6.07, 6.45) is 0. The highest BCUT2D eigenvalue weighted by atomic mass is 14.3. The molecule has 0 saturated carbocycles. The van der Waals surface area contributed by atoms with E-state index < -0.39 is 0 Å². The molecular weight excluding hydrogens is 1110 g/mol. The van der Waals surface area contributed by atoms with E-state index in [4.69, 9.17) is 0 Å². The molecule has 13 aromatic rings. The predicted molar refractivity (Wildman–Crippen MR) is 409 cm³/mol. The van der Waals surface area contributed by atoms with Gasteiger partial charge in [-0.15, -0.1) is 0 Å². The largest absolute Gasteiger partial charge is 0.0579 e. The first kappa shape index (κ1) is 63.0. The van der Waals surface area contributed by atoms with E-state index in [2.05, 4.69) is 336 Å². The summed E-state index contributed by atoms with van der Waals surface area (Å²) in [5, 5.41) is 20.6. The number of hydrogen-bond donors (Lipinski definition) is 0. The Hall–Kier alpha value is -7.80. The molecule has 0 radical (unpaired) electrons. The van der Waals surface area contributed by atoms with Gasteiger partial charge in [0.25, 0.3) is 0 Å². The SMILES string of the molecule is CC(C)(C)c1cc(-c2cc3cc(-c4cc(C(C)(C)C)cc5ccc(C(C)(C)C)cc45)cc4c5cc(-c6c(C(C)(C)C)ccc7cc(C(C)(C)C)ccc67)cc6cc(-c7c(C(C)(C)C)ccc8cc(C(C)(C)C)ccc78)cc(c(c2)c34)c65)c2cc(C(C)(C)C)ccc2c1. The van der Waals surface area contributed by atoms with E-state index in [9.17, 15) is 0 Å². The monoisotopic (exact) mass is 1200 g/mol. The van der Waals surface area contributed by atoms with Crippen molar-refractivity contribution in [2.45, 2.75) is 209 Å². The van der Waals surface area contributed by atoms with Crippen LogP contribution >= 0.6 is 0 Å². The summed E-state index contributed by atoms with van der Waals surface area (Å²) in [6.45, 7) is 56.7. The van der Waals surface area contributed by atoms with E-state index in [1.54, 1.807) is 0 Å². The summed E-state index contributed by atoms with van der Waals surface area (Å²) in [5.74, 6) is 0.